The highest BCUT2D eigenvalue weighted by Crippen LogP contribution is 2.37. The lowest BCUT2D eigenvalue weighted by Crippen LogP contribution is -2.54. The molecule has 5 rings (SSSR count). The molecule has 0 radical (unpaired) electrons. The Bertz CT molecular complexity index is 1730. The highest BCUT2D eigenvalue weighted by molar-refractivity contribution is 5.92. The van der Waals surface area contributed by atoms with E-state index in [9.17, 15) is 9.59 Å². The van der Waals surface area contributed by atoms with E-state index in [0.717, 1.165) is 5.57 Å². The summed E-state index contributed by atoms with van der Waals surface area (Å²) in [6.07, 6.45) is 7.82. The molecule has 44 heavy (non-hydrogen) atoms. The van der Waals surface area contributed by atoms with Gasteiger partial charge in [-0.2, -0.15) is 4.98 Å². The fourth-order valence-electron chi connectivity index (χ4n) is 5.92. The lowest BCUT2D eigenvalue weighted by Gasteiger charge is -2.40. The Labute approximate surface area is 254 Å². The molecule has 2 aromatic heterocycles. The molecule has 2 aliphatic heterocycles. The Morgan fingerprint density at radius 3 is 2.75 bits per heavy atom. The summed E-state index contributed by atoms with van der Waals surface area (Å²) in [6, 6.07) is 5.35. The summed E-state index contributed by atoms with van der Waals surface area (Å²) in [5.41, 5.74) is 0.709. The number of anilines is 1. The second-order valence-corrected chi connectivity index (χ2v) is 10.9. The lowest BCUT2D eigenvalue weighted by molar-refractivity contribution is -0.126. The van der Waals surface area contributed by atoms with Crippen LogP contribution >= 0.6 is 0 Å². The number of allylic oxidation sites excluding steroid dienone is 3. The molecule has 1 saturated heterocycles. The smallest absolute Gasteiger partial charge is 0.355 e. The zero-order valence-electron chi connectivity index (χ0n) is 25.1. The van der Waals surface area contributed by atoms with Crippen molar-refractivity contribution in [1.82, 2.24) is 19.4 Å². The number of pyridine rings is 1. The third-order valence-corrected chi connectivity index (χ3v) is 8.01. The van der Waals surface area contributed by atoms with Crippen molar-refractivity contribution in [2.45, 2.75) is 52.0 Å². The number of carbonyl (C=O) groups is 1. The van der Waals surface area contributed by atoms with Crippen molar-refractivity contribution in [1.29, 1.82) is 0 Å². The number of amides is 1. The van der Waals surface area contributed by atoms with Crippen molar-refractivity contribution < 1.29 is 18.3 Å². The molecule has 0 saturated carbocycles. The van der Waals surface area contributed by atoms with Gasteiger partial charge in [-0.05, 0) is 75.2 Å². The van der Waals surface area contributed by atoms with Crippen LogP contribution in [0.3, 0.4) is 0 Å². The van der Waals surface area contributed by atoms with E-state index >= 15 is 8.78 Å². The number of rotatable bonds is 6. The molecule has 1 amide bonds. The molecule has 1 fully saturated rings. The minimum absolute atomic E-state index is 0.106. The first-order chi connectivity index (χ1) is 21.3. The third kappa shape index (κ3) is 5.91. The van der Waals surface area contributed by atoms with E-state index in [1.54, 1.807) is 17.2 Å². The Kier molecular flexibility index (Phi) is 9.32. The second kappa shape index (κ2) is 13.3. The van der Waals surface area contributed by atoms with Gasteiger partial charge in [0.15, 0.2) is 11.5 Å². The second-order valence-electron chi connectivity index (χ2n) is 10.9. The molecule has 2 aliphatic rings. The van der Waals surface area contributed by atoms with E-state index in [-0.39, 0.29) is 47.0 Å². The number of aliphatic imine (C=N–C) groups is 1. The fraction of sp³-hybridized carbons (Fsp3) is 0.364. The largest absolute Gasteiger partial charge is 0.493 e. The van der Waals surface area contributed by atoms with Crippen LogP contribution in [0, 0.1) is 11.6 Å². The van der Waals surface area contributed by atoms with Gasteiger partial charge in [0.05, 0.1) is 17.6 Å². The maximum Gasteiger partial charge on any atom is 0.355 e. The molecule has 11 heteroatoms. The van der Waals surface area contributed by atoms with Gasteiger partial charge in [-0.25, -0.2) is 23.1 Å². The molecular weight excluding hydrogens is 566 g/mol. The number of nitrogens with zero attached hydrogens (tertiary/aromatic N) is 6. The van der Waals surface area contributed by atoms with Gasteiger partial charge in [-0.15, -0.1) is 0 Å². The molecule has 1 atom stereocenters. The van der Waals surface area contributed by atoms with Crippen molar-refractivity contribution in [2.75, 3.05) is 31.1 Å². The van der Waals surface area contributed by atoms with Gasteiger partial charge in [0.25, 0.3) is 0 Å². The third-order valence-electron chi connectivity index (χ3n) is 8.01. The lowest BCUT2D eigenvalue weighted by atomic mass is 10.0. The Morgan fingerprint density at radius 2 is 2.02 bits per heavy atom. The molecule has 2 bridgehead atoms. The average molecular weight is 603 g/mol. The summed E-state index contributed by atoms with van der Waals surface area (Å²) in [5, 5.41) is 0.300. The van der Waals surface area contributed by atoms with Crippen LogP contribution in [0.2, 0.25) is 0 Å². The number of aromatic nitrogens is 3. The zero-order chi connectivity index (χ0) is 31.4. The van der Waals surface area contributed by atoms with E-state index in [1.165, 1.54) is 28.8 Å². The van der Waals surface area contributed by atoms with E-state index in [1.807, 2.05) is 24.8 Å². The number of halogens is 2. The summed E-state index contributed by atoms with van der Waals surface area (Å²) >= 11 is 0. The Hall–Kier alpha value is -4.67. The monoisotopic (exact) mass is 602 g/mol. The quantitative estimate of drug-likeness (QED) is 0.264. The molecule has 4 heterocycles. The van der Waals surface area contributed by atoms with Gasteiger partial charge in [-0.1, -0.05) is 26.0 Å². The van der Waals surface area contributed by atoms with Crippen molar-refractivity contribution in [3.8, 4) is 17.0 Å². The van der Waals surface area contributed by atoms with E-state index in [0.29, 0.717) is 62.8 Å². The molecular formula is C33H36F2N6O3. The summed E-state index contributed by atoms with van der Waals surface area (Å²) in [5.74, 6) is -1.22. The molecule has 3 aromatic rings. The van der Waals surface area contributed by atoms with Crippen molar-refractivity contribution >= 4 is 35.2 Å². The topological polar surface area (TPSA) is 92.9 Å². The van der Waals surface area contributed by atoms with Crippen LogP contribution in [0.15, 0.2) is 64.6 Å². The van der Waals surface area contributed by atoms with Gasteiger partial charge >= 0.3 is 5.69 Å². The van der Waals surface area contributed by atoms with Crippen LogP contribution < -0.4 is 15.3 Å². The fourth-order valence-corrected chi connectivity index (χ4v) is 5.92. The SMILES string of the molecule is C=CC(=O)N1CCN(c2nc(=O)n3c4nc(c(F)cc24)-c2c(F)cccc2OCCCCC(/C=C\N=C)=C3CCC)[C@@H](C)C1. The van der Waals surface area contributed by atoms with Gasteiger partial charge in [-0.3, -0.25) is 9.79 Å². The van der Waals surface area contributed by atoms with E-state index in [4.69, 9.17) is 9.72 Å². The molecule has 0 aliphatic carbocycles. The average Bonchev–Trinajstić information content (AvgIpc) is 3.02. The van der Waals surface area contributed by atoms with Crippen molar-refractivity contribution in [2.24, 2.45) is 4.99 Å². The number of hydrogen-bond donors (Lipinski definition) is 0. The van der Waals surface area contributed by atoms with Crippen molar-refractivity contribution in [3.63, 3.8) is 0 Å². The molecule has 0 unspecified atom stereocenters. The highest BCUT2D eigenvalue weighted by atomic mass is 19.1. The molecule has 0 spiro atoms. The predicted octanol–water partition coefficient (Wildman–Crippen LogP) is 5.75. The number of carbonyl (C=O) groups excluding carboxylic acids is 1. The first kappa shape index (κ1) is 30.8. The van der Waals surface area contributed by atoms with Gasteiger partial charge in [0.1, 0.15) is 23.1 Å². The van der Waals surface area contributed by atoms with Crippen LogP contribution in [0.5, 0.6) is 5.75 Å². The standard InChI is InChI=1S/C33H36F2N6O3/c1-5-10-26-22(14-15-36-4)11-7-8-18-44-27-13-9-12-24(34)29(27)30-25(35)19-23-31(38-33(43)41(26)32(23)37-30)40-17-16-39(20-21(40)3)28(42)6-2/h6,9,12-15,19,21H,2,4-5,7-8,10-11,16-18,20H2,1,3H3/b15-14-,26-22?/t21-/m0/s1. The minimum Gasteiger partial charge on any atom is -0.493 e. The summed E-state index contributed by atoms with van der Waals surface area (Å²) in [6.45, 7) is 12.4. The summed E-state index contributed by atoms with van der Waals surface area (Å²) in [4.78, 5) is 43.0. The number of ether oxygens (including phenoxy) is 1. The van der Waals surface area contributed by atoms with Crippen LogP contribution in [-0.2, 0) is 4.79 Å². The zero-order valence-corrected chi connectivity index (χ0v) is 25.1. The number of fused-ring (bicyclic) bond motifs is 3. The highest BCUT2D eigenvalue weighted by Gasteiger charge is 2.31. The van der Waals surface area contributed by atoms with Crippen LogP contribution in [0.25, 0.3) is 28.0 Å². The first-order valence-corrected chi connectivity index (χ1v) is 14.9. The van der Waals surface area contributed by atoms with Gasteiger partial charge < -0.3 is 14.5 Å². The minimum atomic E-state index is -0.777. The normalized spacial score (nSPS) is 17.6. The summed E-state index contributed by atoms with van der Waals surface area (Å²) in [7, 11) is 0. The number of benzene rings is 1. The van der Waals surface area contributed by atoms with Crippen molar-refractivity contribution in [3.05, 3.63) is 76.9 Å². The maximum absolute atomic E-state index is 16.1. The van der Waals surface area contributed by atoms with Gasteiger partial charge in [0, 0.05) is 37.6 Å². The van der Waals surface area contributed by atoms with E-state index < -0.39 is 17.3 Å². The molecule has 1 aromatic carbocycles. The maximum atomic E-state index is 16.1. The molecule has 230 valence electrons. The molecule has 0 N–H and O–H groups in total. The number of piperazine rings is 1. The number of hydrogen-bond acceptors (Lipinski definition) is 7. The summed E-state index contributed by atoms with van der Waals surface area (Å²) < 4.78 is 38.9. The molecule has 9 nitrogen and oxygen atoms in total. The Morgan fingerprint density at radius 1 is 1.20 bits per heavy atom. The first-order valence-electron chi connectivity index (χ1n) is 14.9. The van der Waals surface area contributed by atoms with Crippen LogP contribution in [-0.4, -0.2) is 64.3 Å². The van der Waals surface area contributed by atoms with Crippen LogP contribution in [0.1, 0.15) is 46.0 Å². The van der Waals surface area contributed by atoms with Crippen LogP contribution in [0.4, 0.5) is 14.6 Å². The van der Waals surface area contributed by atoms with E-state index in [2.05, 4.69) is 23.3 Å². The Balaban J connectivity index is 1.84. The predicted molar refractivity (Wildman–Crippen MR) is 169 cm³/mol. The van der Waals surface area contributed by atoms with Gasteiger partial charge in [0.2, 0.25) is 5.91 Å².